The van der Waals surface area contributed by atoms with Crippen LogP contribution in [-0.2, 0) is 27.8 Å². The molecule has 0 aliphatic rings. The van der Waals surface area contributed by atoms with E-state index in [2.05, 4.69) is 10.0 Å². The summed E-state index contributed by atoms with van der Waals surface area (Å²) in [6, 6.07) is 17.6. The third-order valence-corrected chi connectivity index (χ3v) is 6.65. The number of nitrogens with one attached hydrogen (secondary N) is 2. The van der Waals surface area contributed by atoms with E-state index in [0.29, 0.717) is 5.56 Å². The lowest BCUT2D eigenvalue weighted by Gasteiger charge is -2.19. The Kier molecular flexibility index (Phi) is 7.67. The van der Waals surface area contributed by atoms with Crippen molar-refractivity contribution in [3.05, 3.63) is 99.8 Å². The number of hydrogen-bond donors (Lipinski definition) is 2. The van der Waals surface area contributed by atoms with E-state index in [-0.39, 0.29) is 33.7 Å². The third kappa shape index (κ3) is 6.51. The molecule has 0 unspecified atom stereocenters. The topological polar surface area (TPSA) is 75.3 Å². The van der Waals surface area contributed by atoms with Gasteiger partial charge in [0.2, 0.25) is 15.9 Å². The zero-order valence-electron chi connectivity index (χ0n) is 16.2. The quantitative estimate of drug-likeness (QED) is 0.503. The number of hydrogen-bond acceptors (Lipinski definition) is 3. The number of halogens is 3. The lowest BCUT2D eigenvalue weighted by Crippen LogP contribution is -2.47. The van der Waals surface area contributed by atoms with Gasteiger partial charge in [0.05, 0.1) is 5.02 Å². The van der Waals surface area contributed by atoms with Crippen LogP contribution >= 0.6 is 23.2 Å². The maximum absolute atomic E-state index is 13.1. The van der Waals surface area contributed by atoms with Crippen molar-refractivity contribution in [2.75, 3.05) is 0 Å². The first-order valence-electron chi connectivity index (χ1n) is 9.28. The summed E-state index contributed by atoms with van der Waals surface area (Å²) < 4.78 is 41.4. The molecule has 0 aliphatic carbocycles. The van der Waals surface area contributed by atoms with Gasteiger partial charge < -0.3 is 5.32 Å². The molecular weight excluding hydrogens is 462 g/mol. The van der Waals surface area contributed by atoms with Crippen LogP contribution in [0, 0.1) is 5.82 Å². The summed E-state index contributed by atoms with van der Waals surface area (Å²) in [5.74, 6) is -0.918. The van der Waals surface area contributed by atoms with E-state index in [4.69, 9.17) is 23.2 Å². The summed E-state index contributed by atoms with van der Waals surface area (Å²) in [6.45, 7) is 0.115. The minimum absolute atomic E-state index is 0.0120. The van der Waals surface area contributed by atoms with Crippen LogP contribution in [0.2, 0.25) is 10.0 Å². The molecule has 0 spiro atoms. The van der Waals surface area contributed by atoms with Gasteiger partial charge in [0.25, 0.3) is 0 Å². The Morgan fingerprint density at radius 1 is 0.935 bits per heavy atom. The molecule has 0 saturated carbocycles. The molecule has 1 amide bonds. The molecule has 1 atom stereocenters. The molecule has 2 N–H and O–H groups in total. The molecule has 31 heavy (non-hydrogen) atoms. The van der Waals surface area contributed by atoms with E-state index in [0.717, 1.165) is 5.56 Å². The number of amides is 1. The molecule has 0 heterocycles. The highest BCUT2D eigenvalue weighted by atomic mass is 35.5. The average molecular weight is 481 g/mol. The van der Waals surface area contributed by atoms with Gasteiger partial charge >= 0.3 is 0 Å². The Hall–Kier alpha value is -2.45. The van der Waals surface area contributed by atoms with Crippen LogP contribution in [0.15, 0.2) is 77.7 Å². The van der Waals surface area contributed by atoms with Crippen molar-refractivity contribution in [1.82, 2.24) is 10.0 Å². The van der Waals surface area contributed by atoms with Crippen LogP contribution in [0.4, 0.5) is 4.39 Å². The van der Waals surface area contributed by atoms with E-state index < -0.39 is 22.0 Å². The van der Waals surface area contributed by atoms with Crippen molar-refractivity contribution in [2.45, 2.75) is 23.9 Å². The van der Waals surface area contributed by atoms with Crippen molar-refractivity contribution >= 4 is 39.1 Å². The van der Waals surface area contributed by atoms with Gasteiger partial charge in [0.15, 0.2) is 0 Å². The van der Waals surface area contributed by atoms with Gasteiger partial charge in [0.1, 0.15) is 16.8 Å². The molecule has 0 saturated heterocycles. The number of rotatable bonds is 8. The van der Waals surface area contributed by atoms with E-state index in [9.17, 15) is 17.6 Å². The molecule has 0 bridgehead atoms. The average Bonchev–Trinajstić information content (AvgIpc) is 2.75. The zero-order valence-corrected chi connectivity index (χ0v) is 18.5. The summed E-state index contributed by atoms with van der Waals surface area (Å²) >= 11 is 12.0. The lowest BCUT2D eigenvalue weighted by atomic mass is 10.1. The van der Waals surface area contributed by atoms with Gasteiger partial charge in [-0.15, -0.1) is 0 Å². The Morgan fingerprint density at radius 2 is 1.61 bits per heavy atom. The lowest BCUT2D eigenvalue weighted by molar-refractivity contribution is -0.122. The van der Waals surface area contributed by atoms with Crippen LogP contribution < -0.4 is 10.0 Å². The van der Waals surface area contributed by atoms with Crippen LogP contribution in [0.5, 0.6) is 0 Å². The molecule has 0 radical (unpaired) electrons. The highest BCUT2D eigenvalue weighted by molar-refractivity contribution is 7.89. The summed E-state index contributed by atoms with van der Waals surface area (Å²) in [6.07, 6.45) is 0.119. The van der Waals surface area contributed by atoms with Crippen LogP contribution in [0.25, 0.3) is 0 Å². The van der Waals surface area contributed by atoms with Gasteiger partial charge in [-0.25, -0.2) is 12.8 Å². The second kappa shape index (κ2) is 10.2. The first kappa shape index (κ1) is 23.2. The number of carbonyl (C=O) groups excluding carboxylic acids is 1. The fourth-order valence-electron chi connectivity index (χ4n) is 2.89. The van der Waals surface area contributed by atoms with Gasteiger partial charge in [-0.2, -0.15) is 4.72 Å². The zero-order chi connectivity index (χ0) is 22.4. The van der Waals surface area contributed by atoms with Crippen LogP contribution in [-0.4, -0.2) is 20.4 Å². The molecule has 0 aliphatic heterocycles. The highest BCUT2D eigenvalue weighted by Crippen LogP contribution is 2.25. The SMILES string of the molecule is O=C(NCc1ccc(F)cc1)[C@H](Cc1ccccc1)NS(=O)(=O)c1cc(Cl)ccc1Cl. The number of sulfonamides is 1. The molecule has 3 aromatic carbocycles. The molecule has 0 aromatic heterocycles. The highest BCUT2D eigenvalue weighted by Gasteiger charge is 2.27. The molecule has 3 rings (SSSR count). The fraction of sp³-hybridized carbons (Fsp3) is 0.136. The van der Waals surface area contributed by atoms with Gasteiger partial charge in [0, 0.05) is 11.6 Å². The maximum Gasteiger partial charge on any atom is 0.242 e. The maximum atomic E-state index is 13.1. The van der Waals surface area contributed by atoms with Crippen molar-refractivity contribution in [3.8, 4) is 0 Å². The van der Waals surface area contributed by atoms with Gasteiger partial charge in [-0.3, -0.25) is 4.79 Å². The first-order chi connectivity index (χ1) is 14.7. The molecule has 162 valence electrons. The summed E-state index contributed by atoms with van der Waals surface area (Å²) in [4.78, 5) is 12.7. The predicted octanol–water partition coefficient (Wildman–Crippen LogP) is 4.34. The Labute approximate surface area is 190 Å². The van der Waals surface area contributed by atoms with Crippen molar-refractivity contribution in [1.29, 1.82) is 0 Å². The van der Waals surface area contributed by atoms with E-state index in [1.807, 2.05) is 6.07 Å². The second-order valence-electron chi connectivity index (χ2n) is 6.78. The molecular formula is C22H19Cl2FN2O3S. The van der Waals surface area contributed by atoms with Gasteiger partial charge in [-0.1, -0.05) is 65.7 Å². The predicted molar refractivity (Wildman–Crippen MR) is 119 cm³/mol. The van der Waals surface area contributed by atoms with Gasteiger partial charge in [-0.05, 0) is 47.9 Å². The standard InChI is InChI=1S/C22H19Cl2FN2O3S/c23-17-8-11-19(24)21(13-17)31(29,30)27-20(12-15-4-2-1-3-5-15)22(28)26-14-16-6-9-18(25)10-7-16/h1-11,13,20,27H,12,14H2,(H,26,28)/t20-/m0/s1. The first-order valence-corrected chi connectivity index (χ1v) is 11.5. The molecule has 3 aromatic rings. The van der Waals surface area contributed by atoms with E-state index >= 15 is 0 Å². The summed E-state index contributed by atoms with van der Waals surface area (Å²) in [5, 5.41) is 2.88. The minimum atomic E-state index is -4.14. The smallest absolute Gasteiger partial charge is 0.242 e. The number of benzene rings is 3. The van der Waals surface area contributed by atoms with Crippen molar-refractivity contribution < 1.29 is 17.6 Å². The van der Waals surface area contributed by atoms with Crippen molar-refractivity contribution in [3.63, 3.8) is 0 Å². The Bertz CT molecular complexity index is 1160. The van der Waals surface area contributed by atoms with E-state index in [1.165, 1.54) is 42.5 Å². The van der Waals surface area contributed by atoms with Crippen LogP contribution in [0.1, 0.15) is 11.1 Å². The molecule has 5 nitrogen and oxygen atoms in total. The third-order valence-electron chi connectivity index (χ3n) is 4.46. The van der Waals surface area contributed by atoms with Crippen LogP contribution in [0.3, 0.4) is 0 Å². The number of carbonyl (C=O) groups is 1. The largest absolute Gasteiger partial charge is 0.351 e. The fourth-order valence-corrected chi connectivity index (χ4v) is 4.84. The van der Waals surface area contributed by atoms with E-state index in [1.54, 1.807) is 24.3 Å². The summed E-state index contributed by atoms with van der Waals surface area (Å²) in [7, 11) is -4.14. The van der Waals surface area contributed by atoms with Crippen molar-refractivity contribution in [2.24, 2.45) is 0 Å². The Morgan fingerprint density at radius 3 is 2.29 bits per heavy atom. The second-order valence-corrected chi connectivity index (χ2v) is 9.31. The molecule has 0 fully saturated rings. The normalized spacial score (nSPS) is 12.4. The minimum Gasteiger partial charge on any atom is -0.351 e. The molecule has 9 heteroatoms. The summed E-state index contributed by atoms with van der Waals surface area (Å²) in [5.41, 5.74) is 1.44. The Balaban J connectivity index is 1.82. The monoisotopic (exact) mass is 480 g/mol.